The molecule has 1 heterocycles. The van der Waals surface area contributed by atoms with Crippen LogP contribution >= 0.6 is 0 Å². The highest BCUT2D eigenvalue weighted by Gasteiger charge is 2.31. The standard InChI is InChI=1S/C14H30N2/c1-5-13(15)7-6-9-16-10-8-12(11-16)14(2,3)4/h12-13H,5-11,15H2,1-4H3. The zero-order valence-corrected chi connectivity index (χ0v) is 11.6. The molecular formula is C14H30N2. The molecule has 96 valence electrons. The van der Waals surface area contributed by atoms with Crippen molar-refractivity contribution < 1.29 is 0 Å². The van der Waals surface area contributed by atoms with Crippen molar-refractivity contribution in [1.82, 2.24) is 4.90 Å². The molecule has 1 aliphatic rings. The van der Waals surface area contributed by atoms with Crippen LogP contribution in [-0.2, 0) is 0 Å². The van der Waals surface area contributed by atoms with E-state index in [-0.39, 0.29) is 0 Å². The fourth-order valence-corrected chi connectivity index (χ4v) is 2.52. The third-order valence-corrected chi connectivity index (χ3v) is 4.07. The summed E-state index contributed by atoms with van der Waals surface area (Å²) in [6, 6.07) is 0.418. The number of nitrogens with zero attached hydrogens (tertiary/aromatic N) is 1. The molecule has 0 aromatic heterocycles. The summed E-state index contributed by atoms with van der Waals surface area (Å²) in [7, 11) is 0. The Morgan fingerprint density at radius 1 is 1.38 bits per heavy atom. The summed E-state index contributed by atoms with van der Waals surface area (Å²) in [6.07, 6.45) is 4.95. The van der Waals surface area contributed by atoms with E-state index in [0.29, 0.717) is 11.5 Å². The van der Waals surface area contributed by atoms with Crippen molar-refractivity contribution in [2.24, 2.45) is 17.1 Å². The second-order valence-electron chi connectivity index (χ2n) is 6.46. The second-order valence-corrected chi connectivity index (χ2v) is 6.46. The Morgan fingerprint density at radius 2 is 2.06 bits per heavy atom. The Morgan fingerprint density at radius 3 is 2.56 bits per heavy atom. The predicted octanol–water partition coefficient (Wildman–Crippen LogP) is 2.87. The highest BCUT2D eigenvalue weighted by molar-refractivity contribution is 4.83. The lowest BCUT2D eigenvalue weighted by molar-refractivity contribution is 0.227. The predicted molar refractivity (Wildman–Crippen MR) is 71.5 cm³/mol. The smallest absolute Gasteiger partial charge is 0.00366 e. The van der Waals surface area contributed by atoms with Gasteiger partial charge < -0.3 is 10.6 Å². The quantitative estimate of drug-likeness (QED) is 0.781. The first-order valence-corrected chi connectivity index (χ1v) is 6.91. The maximum Gasteiger partial charge on any atom is 0.00366 e. The molecule has 2 atom stereocenters. The van der Waals surface area contributed by atoms with Crippen LogP contribution in [0.25, 0.3) is 0 Å². The van der Waals surface area contributed by atoms with E-state index in [1.54, 1.807) is 0 Å². The number of rotatable bonds is 5. The van der Waals surface area contributed by atoms with E-state index in [4.69, 9.17) is 5.73 Å². The van der Waals surface area contributed by atoms with Gasteiger partial charge in [0.1, 0.15) is 0 Å². The van der Waals surface area contributed by atoms with Crippen molar-refractivity contribution in [2.45, 2.75) is 59.4 Å². The molecule has 2 nitrogen and oxygen atoms in total. The summed E-state index contributed by atoms with van der Waals surface area (Å²) in [5, 5.41) is 0. The minimum atomic E-state index is 0.418. The van der Waals surface area contributed by atoms with Crippen molar-refractivity contribution in [1.29, 1.82) is 0 Å². The molecule has 16 heavy (non-hydrogen) atoms. The second kappa shape index (κ2) is 6.02. The summed E-state index contributed by atoms with van der Waals surface area (Å²) in [4.78, 5) is 2.62. The summed E-state index contributed by atoms with van der Waals surface area (Å²) >= 11 is 0. The average Bonchev–Trinajstić information content (AvgIpc) is 2.65. The van der Waals surface area contributed by atoms with Crippen LogP contribution in [0, 0.1) is 11.3 Å². The number of nitrogens with two attached hydrogens (primary N) is 1. The average molecular weight is 226 g/mol. The van der Waals surface area contributed by atoms with Gasteiger partial charge in [0.25, 0.3) is 0 Å². The molecule has 2 heteroatoms. The summed E-state index contributed by atoms with van der Waals surface area (Å²) in [5.74, 6) is 0.882. The van der Waals surface area contributed by atoms with E-state index in [9.17, 15) is 0 Å². The number of likely N-dealkylation sites (tertiary alicyclic amines) is 1. The lowest BCUT2D eigenvalue weighted by atomic mass is 9.80. The van der Waals surface area contributed by atoms with Gasteiger partial charge in [0.05, 0.1) is 0 Å². The lowest BCUT2D eigenvalue weighted by Crippen LogP contribution is -2.28. The van der Waals surface area contributed by atoms with Gasteiger partial charge >= 0.3 is 0 Å². The molecule has 1 fully saturated rings. The normalized spacial score (nSPS) is 24.9. The third kappa shape index (κ3) is 4.42. The minimum Gasteiger partial charge on any atom is -0.328 e. The van der Waals surface area contributed by atoms with E-state index in [1.165, 1.54) is 38.9 Å². The fourth-order valence-electron chi connectivity index (χ4n) is 2.52. The molecule has 0 aliphatic carbocycles. The van der Waals surface area contributed by atoms with Gasteiger partial charge in [0.2, 0.25) is 0 Å². The Balaban J connectivity index is 2.17. The highest BCUT2D eigenvalue weighted by Crippen LogP contribution is 2.33. The van der Waals surface area contributed by atoms with Crippen molar-refractivity contribution in [3.8, 4) is 0 Å². The van der Waals surface area contributed by atoms with Gasteiger partial charge in [-0.2, -0.15) is 0 Å². The molecule has 1 saturated heterocycles. The first kappa shape index (κ1) is 14.0. The summed E-state index contributed by atoms with van der Waals surface area (Å²) in [5.41, 5.74) is 6.42. The van der Waals surface area contributed by atoms with Crippen LogP contribution in [0.15, 0.2) is 0 Å². The van der Waals surface area contributed by atoms with Crippen LogP contribution in [0.1, 0.15) is 53.4 Å². The Labute approximate surface area is 102 Å². The van der Waals surface area contributed by atoms with Crippen molar-refractivity contribution >= 4 is 0 Å². The van der Waals surface area contributed by atoms with Crippen LogP contribution in [0.3, 0.4) is 0 Å². The topological polar surface area (TPSA) is 29.3 Å². The van der Waals surface area contributed by atoms with Crippen LogP contribution in [-0.4, -0.2) is 30.6 Å². The van der Waals surface area contributed by atoms with E-state index >= 15 is 0 Å². The molecular weight excluding hydrogens is 196 g/mol. The zero-order valence-electron chi connectivity index (χ0n) is 11.6. The van der Waals surface area contributed by atoms with Crippen LogP contribution < -0.4 is 5.73 Å². The number of hydrogen-bond donors (Lipinski definition) is 1. The first-order chi connectivity index (χ1) is 7.43. The Bertz CT molecular complexity index is 195. The van der Waals surface area contributed by atoms with Crippen molar-refractivity contribution in [3.05, 3.63) is 0 Å². The van der Waals surface area contributed by atoms with Gasteiger partial charge in [-0.15, -0.1) is 0 Å². The summed E-state index contributed by atoms with van der Waals surface area (Å²) < 4.78 is 0. The van der Waals surface area contributed by atoms with Crippen molar-refractivity contribution in [3.63, 3.8) is 0 Å². The minimum absolute atomic E-state index is 0.418. The van der Waals surface area contributed by atoms with Crippen LogP contribution in [0.2, 0.25) is 0 Å². The van der Waals surface area contributed by atoms with Gasteiger partial charge in [-0.25, -0.2) is 0 Å². The highest BCUT2D eigenvalue weighted by atomic mass is 15.1. The van der Waals surface area contributed by atoms with Gasteiger partial charge in [-0.3, -0.25) is 0 Å². The maximum atomic E-state index is 5.94. The Kier molecular flexibility index (Phi) is 5.26. The molecule has 1 rings (SSSR count). The number of hydrogen-bond acceptors (Lipinski definition) is 2. The van der Waals surface area contributed by atoms with E-state index in [0.717, 1.165) is 12.3 Å². The monoisotopic (exact) mass is 226 g/mol. The first-order valence-electron chi connectivity index (χ1n) is 6.91. The molecule has 0 aromatic carbocycles. The fraction of sp³-hybridized carbons (Fsp3) is 1.00. The van der Waals surface area contributed by atoms with Crippen LogP contribution in [0.4, 0.5) is 0 Å². The third-order valence-electron chi connectivity index (χ3n) is 4.07. The molecule has 0 radical (unpaired) electrons. The Hall–Kier alpha value is -0.0800. The van der Waals surface area contributed by atoms with E-state index in [2.05, 4.69) is 32.6 Å². The molecule has 0 spiro atoms. The SMILES string of the molecule is CCC(N)CCCN1CCC(C(C)(C)C)C1. The van der Waals surface area contributed by atoms with E-state index in [1.807, 2.05) is 0 Å². The zero-order chi connectivity index (χ0) is 12.2. The van der Waals surface area contributed by atoms with Gasteiger partial charge in [-0.1, -0.05) is 27.7 Å². The molecule has 2 unspecified atom stereocenters. The molecule has 0 amide bonds. The van der Waals surface area contributed by atoms with Gasteiger partial charge in [0, 0.05) is 12.6 Å². The molecule has 1 aliphatic heterocycles. The molecule has 0 saturated carbocycles. The largest absolute Gasteiger partial charge is 0.328 e. The maximum absolute atomic E-state index is 5.94. The molecule has 0 bridgehead atoms. The van der Waals surface area contributed by atoms with Crippen LogP contribution in [0.5, 0.6) is 0 Å². The van der Waals surface area contributed by atoms with Gasteiger partial charge in [0.15, 0.2) is 0 Å². The summed E-state index contributed by atoms with van der Waals surface area (Å²) in [6.45, 7) is 13.1. The lowest BCUT2D eigenvalue weighted by Gasteiger charge is -2.27. The van der Waals surface area contributed by atoms with Gasteiger partial charge in [-0.05, 0) is 50.1 Å². The molecule has 2 N–H and O–H groups in total. The molecule has 0 aromatic rings. The van der Waals surface area contributed by atoms with Crippen molar-refractivity contribution in [2.75, 3.05) is 19.6 Å². The van der Waals surface area contributed by atoms with E-state index < -0.39 is 0 Å².